The highest BCUT2D eigenvalue weighted by Crippen LogP contribution is 2.35. The first-order valence-corrected chi connectivity index (χ1v) is 7.01. The molecule has 2 aromatic rings. The molecule has 0 aliphatic heterocycles. The Morgan fingerprint density at radius 3 is 3.05 bits per heavy atom. The van der Waals surface area contributed by atoms with Crippen LogP contribution in [0.3, 0.4) is 0 Å². The Balaban J connectivity index is 1.75. The van der Waals surface area contributed by atoms with Crippen molar-refractivity contribution in [2.75, 3.05) is 5.32 Å². The lowest BCUT2D eigenvalue weighted by Gasteiger charge is -2.10. The van der Waals surface area contributed by atoms with Crippen molar-refractivity contribution in [3.05, 3.63) is 46.5 Å². The normalized spacial score (nSPS) is 14.1. The highest BCUT2D eigenvalue weighted by Gasteiger charge is 2.24. The SMILES string of the molecule is N#Cc1cc(Br)ccc1NCc1cncn1C1CC1. The van der Waals surface area contributed by atoms with E-state index in [1.807, 2.05) is 30.7 Å². The molecule has 1 aliphatic rings. The molecule has 0 spiro atoms. The molecule has 96 valence electrons. The third-order valence-corrected chi connectivity index (χ3v) is 3.74. The summed E-state index contributed by atoms with van der Waals surface area (Å²) in [6.45, 7) is 0.687. The van der Waals surface area contributed by atoms with Gasteiger partial charge in [-0.15, -0.1) is 0 Å². The van der Waals surface area contributed by atoms with Gasteiger partial charge in [0.1, 0.15) is 6.07 Å². The molecular formula is C14H13BrN4. The van der Waals surface area contributed by atoms with Crippen LogP contribution in [0.25, 0.3) is 0 Å². The van der Waals surface area contributed by atoms with E-state index >= 15 is 0 Å². The molecule has 0 atom stereocenters. The van der Waals surface area contributed by atoms with E-state index in [9.17, 15) is 0 Å². The van der Waals surface area contributed by atoms with E-state index in [1.54, 1.807) is 0 Å². The maximum absolute atomic E-state index is 9.12. The summed E-state index contributed by atoms with van der Waals surface area (Å²) in [6.07, 6.45) is 6.26. The monoisotopic (exact) mass is 316 g/mol. The largest absolute Gasteiger partial charge is 0.378 e. The van der Waals surface area contributed by atoms with Crippen LogP contribution in [-0.4, -0.2) is 9.55 Å². The fraction of sp³-hybridized carbons (Fsp3) is 0.286. The summed E-state index contributed by atoms with van der Waals surface area (Å²) >= 11 is 3.37. The minimum Gasteiger partial charge on any atom is -0.378 e. The van der Waals surface area contributed by atoms with Gasteiger partial charge in [-0.05, 0) is 31.0 Å². The minimum atomic E-state index is 0.625. The summed E-state index contributed by atoms with van der Waals surface area (Å²) in [4.78, 5) is 4.20. The molecule has 1 aromatic heterocycles. The van der Waals surface area contributed by atoms with E-state index < -0.39 is 0 Å². The molecule has 0 bridgehead atoms. The van der Waals surface area contributed by atoms with Gasteiger partial charge < -0.3 is 9.88 Å². The van der Waals surface area contributed by atoms with Gasteiger partial charge in [-0.3, -0.25) is 0 Å². The standard InChI is InChI=1S/C14H13BrN4/c15-11-1-4-14(10(5-11)6-16)18-8-13-7-17-9-19(13)12-2-3-12/h1,4-5,7,9,12,18H,2-3,8H2. The van der Waals surface area contributed by atoms with Crippen LogP contribution in [0.2, 0.25) is 0 Å². The lowest BCUT2D eigenvalue weighted by Crippen LogP contribution is -2.06. The van der Waals surface area contributed by atoms with Crippen molar-refractivity contribution in [3.63, 3.8) is 0 Å². The zero-order valence-electron chi connectivity index (χ0n) is 10.3. The number of hydrogen-bond acceptors (Lipinski definition) is 3. The first kappa shape index (κ1) is 12.2. The summed E-state index contributed by atoms with van der Waals surface area (Å²) in [5.41, 5.74) is 2.66. The predicted molar refractivity (Wildman–Crippen MR) is 76.7 cm³/mol. The number of halogens is 1. The lowest BCUT2D eigenvalue weighted by atomic mass is 10.2. The molecule has 1 fully saturated rings. The maximum atomic E-state index is 9.12. The van der Waals surface area contributed by atoms with E-state index in [1.165, 1.54) is 12.8 Å². The molecule has 1 heterocycles. The number of nitrogens with one attached hydrogen (secondary N) is 1. The minimum absolute atomic E-state index is 0.625. The second-order valence-corrected chi connectivity index (χ2v) is 5.59. The van der Waals surface area contributed by atoms with Gasteiger partial charge in [-0.25, -0.2) is 4.98 Å². The molecule has 3 rings (SSSR count). The molecule has 0 unspecified atom stereocenters. The van der Waals surface area contributed by atoms with Gasteiger partial charge in [0.05, 0.1) is 29.8 Å². The number of benzene rings is 1. The zero-order chi connectivity index (χ0) is 13.2. The number of imidazole rings is 1. The molecule has 1 saturated carbocycles. The number of nitriles is 1. The first-order valence-electron chi connectivity index (χ1n) is 6.22. The maximum Gasteiger partial charge on any atom is 0.101 e. The van der Waals surface area contributed by atoms with Crippen molar-refractivity contribution >= 4 is 21.6 Å². The van der Waals surface area contributed by atoms with Gasteiger partial charge in [-0.2, -0.15) is 5.26 Å². The third-order valence-electron chi connectivity index (χ3n) is 3.25. The van der Waals surface area contributed by atoms with Crippen molar-refractivity contribution < 1.29 is 0 Å². The average molecular weight is 317 g/mol. The van der Waals surface area contributed by atoms with Gasteiger partial charge in [0.15, 0.2) is 0 Å². The topological polar surface area (TPSA) is 53.6 Å². The van der Waals surface area contributed by atoms with Crippen molar-refractivity contribution in [2.24, 2.45) is 0 Å². The van der Waals surface area contributed by atoms with Crippen LogP contribution in [-0.2, 0) is 6.54 Å². The lowest BCUT2D eigenvalue weighted by molar-refractivity contribution is 0.701. The molecule has 4 nitrogen and oxygen atoms in total. The quantitative estimate of drug-likeness (QED) is 0.939. The fourth-order valence-corrected chi connectivity index (χ4v) is 2.46. The highest BCUT2D eigenvalue weighted by atomic mass is 79.9. The van der Waals surface area contributed by atoms with Crippen LogP contribution in [0, 0.1) is 11.3 Å². The summed E-state index contributed by atoms with van der Waals surface area (Å²) in [5, 5.41) is 12.4. The number of hydrogen-bond donors (Lipinski definition) is 1. The van der Waals surface area contributed by atoms with Crippen LogP contribution in [0.1, 0.15) is 30.1 Å². The molecule has 1 aromatic carbocycles. The van der Waals surface area contributed by atoms with Crippen LogP contribution in [0.4, 0.5) is 5.69 Å². The third kappa shape index (κ3) is 2.64. The van der Waals surface area contributed by atoms with Crippen molar-refractivity contribution in [2.45, 2.75) is 25.4 Å². The van der Waals surface area contributed by atoms with Crippen molar-refractivity contribution in [1.82, 2.24) is 9.55 Å². The summed E-state index contributed by atoms with van der Waals surface area (Å²) in [7, 11) is 0. The van der Waals surface area contributed by atoms with Crippen molar-refractivity contribution in [3.8, 4) is 6.07 Å². The molecule has 5 heteroatoms. The zero-order valence-corrected chi connectivity index (χ0v) is 11.9. The number of rotatable bonds is 4. The van der Waals surface area contributed by atoms with Crippen molar-refractivity contribution in [1.29, 1.82) is 5.26 Å². The van der Waals surface area contributed by atoms with Crippen LogP contribution < -0.4 is 5.32 Å². The summed E-state index contributed by atoms with van der Waals surface area (Å²) < 4.78 is 3.13. The van der Waals surface area contributed by atoms with Crippen LogP contribution in [0.5, 0.6) is 0 Å². The predicted octanol–water partition coefficient (Wildman–Crippen LogP) is 3.46. The average Bonchev–Trinajstić information content (AvgIpc) is 3.16. The van der Waals surface area contributed by atoms with E-state index in [0.29, 0.717) is 18.2 Å². The molecule has 1 aliphatic carbocycles. The molecule has 19 heavy (non-hydrogen) atoms. The number of anilines is 1. The second-order valence-electron chi connectivity index (χ2n) is 4.68. The Bertz CT molecular complexity index is 637. The van der Waals surface area contributed by atoms with E-state index in [0.717, 1.165) is 15.9 Å². The Labute approximate surface area is 120 Å². The van der Waals surface area contributed by atoms with Gasteiger partial charge in [0.25, 0.3) is 0 Å². The molecule has 0 amide bonds. The Morgan fingerprint density at radius 2 is 2.32 bits per heavy atom. The van der Waals surface area contributed by atoms with E-state index in [2.05, 4.69) is 36.9 Å². The second kappa shape index (κ2) is 5.06. The Kier molecular flexibility index (Phi) is 3.26. The molecular weight excluding hydrogens is 304 g/mol. The first-order chi connectivity index (χ1) is 9.28. The molecule has 0 radical (unpaired) electrons. The van der Waals surface area contributed by atoms with E-state index in [4.69, 9.17) is 5.26 Å². The van der Waals surface area contributed by atoms with Crippen LogP contribution >= 0.6 is 15.9 Å². The number of aromatic nitrogens is 2. The Morgan fingerprint density at radius 1 is 1.47 bits per heavy atom. The summed E-state index contributed by atoms with van der Waals surface area (Å²) in [6, 6.07) is 8.49. The van der Waals surface area contributed by atoms with Gasteiger partial charge in [0, 0.05) is 16.7 Å². The fourth-order valence-electron chi connectivity index (χ4n) is 2.10. The highest BCUT2D eigenvalue weighted by molar-refractivity contribution is 9.10. The van der Waals surface area contributed by atoms with Gasteiger partial charge in [-0.1, -0.05) is 15.9 Å². The summed E-state index contributed by atoms with van der Waals surface area (Å²) in [5.74, 6) is 0. The van der Waals surface area contributed by atoms with Crippen LogP contribution in [0.15, 0.2) is 35.2 Å². The van der Waals surface area contributed by atoms with Gasteiger partial charge in [0.2, 0.25) is 0 Å². The van der Waals surface area contributed by atoms with E-state index in [-0.39, 0.29) is 0 Å². The van der Waals surface area contributed by atoms with Gasteiger partial charge >= 0.3 is 0 Å². The smallest absolute Gasteiger partial charge is 0.101 e. The Hall–Kier alpha value is -1.80. The molecule has 1 N–H and O–H groups in total. The number of nitrogens with zero attached hydrogens (tertiary/aromatic N) is 3. The molecule has 0 saturated heterocycles.